The maximum absolute atomic E-state index is 10.1. The van der Waals surface area contributed by atoms with Crippen molar-refractivity contribution in [3.05, 3.63) is 42.2 Å². The van der Waals surface area contributed by atoms with E-state index in [1.165, 1.54) is 0 Å². The first-order valence-corrected chi connectivity index (χ1v) is 8.52. The number of pyridine rings is 1. The first kappa shape index (κ1) is 16.0. The van der Waals surface area contributed by atoms with Crippen LogP contribution < -0.4 is 10.6 Å². The Labute approximate surface area is 146 Å². The van der Waals surface area contributed by atoms with Crippen LogP contribution >= 0.6 is 0 Å². The van der Waals surface area contributed by atoms with E-state index >= 15 is 0 Å². The van der Waals surface area contributed by atoms with E-state index in [-0.39, 0.29) is 0 Å². The predicted octanol–water partition coefficient (Wildman–Crippen LogP) is 1.79. The number of anilines is 1. The van der Waals surface area contributed by atoms with E-state index in [0.717, 1.165) is 42.3 Å². The number of fused-ring (bicyclic) bond motifs is 1. The molecule has 0 saturated carbocycles. The number of hydrogen-bond acceptors (Lipinski definition) is 6. The van der Waals surface area contributed by atoms with Gasteiger partial charge in [0.25, 0.3) is 0 Å². The summed E-state index contributed by atoms with van der Waals surface area (Å²) in [6.07, 6.45) is 4.53. The summed E-state index contributed by atoms with van der Waals surface area (Å²) < 4.78 is 1.75. The molecule has 1 saturated heterocycles. The molecule has 0 spiro atoms. The third kappa shape index (κ3) is 3.20. The lowest BCUT2D eigenvalue weighted by Crippen LogP contribution is -2.22. The minimum absolute atomic E-state index is 0.414. The number of hydrogen-bond donors (Lipinski definition) is 3. The van der Waals surface area contributed by atoms with Crippen LogP contribution in [0.3, 0.4) is 0 Å². The van der Waals surface area contributed by atoms with E-state index in [4.69, 9.17) is 4.98 Å². The Morgan fingerprint density at radius 1 is 1.32 bits per heavy atom. The molecule has 0 aliphatic carbocycles. The van der Waals surface area contributed by atoms with Crippen LogP contribution in [0.1, 0.15) is 25.8 Å². The molecular formula is C18H22N6O. The third-order valence-electron chi connectivity index (χ3n) is 4.49. The van der Waals surface area contributed by atoms with Crippen molar-refractivity contribution in [2.45, 2.75) is 31.9 Å². The van der Waals surface area contributed by atoms with Crippen molar-refractivity contribution in [2.75, 3.05) is 18.4 Å². The summed E-state index contributed by atoms with van der Waals surface area (Å²) in [5, 5.41) is 21.4. The van der Waals surface area contributed by atoms with Crippen LogP contribution in [-0.2, 0) is 5.60 Å². The summed E-state index contributed by atoms with van der Waals surface area (Å²) >= 11 is 0. The molecule has 25 heavy (non-hydrogen) atoms. The maximum Gasteiger partial charge on any atom is 0.154 e. The molecule has 130 valence electrons. The van der Waals surface area contributed by atoms with E-state index in [9.17, 15) is 5.11 Å². The fourth-order valence-electron chi connectivity index (χ4n) is 3.03. The second-order valence-electron chi connectivity index (χ2n) is 6.96. The smallest absolute Gasteiger partial charge is 0.154 e. The van der Waals surface area contributed by atoms with Crippen molar-refractivity contribution in [1.82, 2.24) is 24.9 Å². The molecule has 3 aromatic heterocycles. The average molecular weight is 338 g/mol. The van der Waals surface area contributed by atoms with Gasteiger partial charge in [0, 0.05) is 18.2 Å². The molecule has 1 fully saturated rings. The summed E-state index contributed by atoms with van der Waals surface area (Å²) in [7, 11) is 0. The van der Waals surface area contributed by atoms with Crippen LogP contribution in [-0.4, -0.2) is 43.8 Å². The largest absolute Gasteiger partial charge is 0.386 e. The summed E-state index contributed by atoms with van der Waals surface area (Å²) in [6, 6.07) is 8.18. The van der Waals surface area contributed by atoms with Gasteiger partial charge >= 0.3 is 0 Å². The quantitative estimate of drug-likeness (QED) is 0.672. The summed E-state index contributed by atoms with van der Waals surface area (Å²) in [5.41, 5.74) is 2.11. The van der Waals surface area contributed by atoms with Crippen molar-refractivity contribution in [2.24, 2.45) is 0 Å². The average Bonchev–Trinajstić information content (AvgIpc) is 3.23. The lowest BCUT2D eigenvalue weighted by molar-refractivity contribution is 0.0781. The lowest BCUT2D eigenvalue weighted by Gasteiger charge is -2.17. The van der Waals surface area contributed by atoms with Gasteiger partial charge in [-0.05, 0) is 45.0 Å². The van der Waals surface area contributed by atoms with Crippen LogP contribution in [0.2, 0.25) is 0 Å². The molecule has 3 N–H and O–H groups in total. The van der Waals surface area contributed by atoms with Gasteiger partial charge in [-0.2, -0.15) is 5.10 Å². The molecule has 1 aliphatic heterocycles. The van der Waals surface area contributed by atoms with E-state index < -0.39 is 5.60 Å². The minimum atomic E-state index is -0.946. The summed E-state index contributed by atoms with van der Waals surface area (Å²) in [4.78, 5) is 9.13. The van der Waals surface area contributed by atoms with Crippen molar-refractivity contribution >= 4 is 11.5 Å². The first-order chi connectivity index (χ1) is 12.0. The maximum atomic E-state index is 10.1. The normalized spacial score (nSPS) is 18.0. The molecule has 1 aliphatic rings. The van der Waals surface area contributed by atoms with Gasteiger partial charge in [0.2, 0.25) is 0 Å². The third-order valence-corrected chi connectivity index (χ3v) is 4.49. The standard InChI is InChI=1S/C18H22N6O/c1-18(2,25)12-8-17-20-11-15(24(17)21-9-12)14-4-3-5-16(23-14)22-13-6-7-19-10-13/h3-5,8-9,11,13,19,25H,6-7,10H2,1-2H3,(H,22,23). The van der Waals surface area contributed by atoms with Gasteiger partial charge < -0.3 is 15.7 Å². The Balaban J connectivity index is 1.67. The highest BCUT2D eigenvalue weighted by atomic mass is 16.3. The molecule has 7 nitrogen and oxygen atoms in total. The van der Waals surface area contributed by atoms with Crippen molar-refractivity contribution in [1.29, 1.82) is 0 Å². The molecule has 1 unspecified atom stereocenters. The fraction of sp³-hybridized carbons (Fsp3) is 0.389. The van der Waals surface area contributed by atoms with E-state index in [0.29, 0.717) is 11.7 Å². The van der Waals surface area contributed by atoms with E-state index in [1.807, 2.05) is 24.3 Å². The van der Waals surface area contributed by atoms with Gasteiger partial charge in [0.05, 0.1) is 23.7 Å². The van der Waals surface area contributed by atoms with E-state index in [2.05, 4.69) is 20.7 Å². The minimum Gasteiger partial charge on any atom is -0.386 e. The summed E-state index contributed by atoms with van der Waals surface area (Å²) in [6.45, 7) is 5.47. The Bertz CT molecular complexity index is 892. The number of nitrogens with one attached hydrogen (secondary N) is 2. The van der Waals surface area contributed by atoms with Crippen LogP contribution in [0.5, 0.6) is 0 Å². The van der Waals surface area contributed by atoms with Gasteiger partial charge in [-0.3, -0.25) is 0 Å². The van der Waals surface area contributed by atoms with Crippen LogP contribution in [0.15, 0.2) is 36.7 Å². The van der Waals surface area contributed by atoms with Gasteiger partial charge in [-0.15, -0.1) is 0 Å². The van der Waals surface area contributed by atoms with Gasteiger partial charge in [0.15, 0.2) is 5.65 Å². The Kier molecular flexibility index (Phi) is 3.89. The Hall–Kier alpha value is -2.51. The highest BCUT2D eigenvalue weighted by Gasteiger charge is 2.19. The number of imidazole rings is 1. The van der Waals surface area contributed by atoms with Crippen molar-refractivity contribution in [3.63, 3.8) is 0 Å². The Morgan fingerprint density at radius 2 is 2.20 bits per heavy atom. The number of aromatic nitrogens is 4. The Morgan fingerprint density at radius 3 is 2.96 bits per heavy atom. The zero-order chi connectivity index (χ0) is 17.4. The first-order valence-electron chi connectivity index (χ1n) is 8.52. The summed E-state index contributed by atoms with van der Waals surface area (Å²) in [5.74, 6) is 0.856. The second kappa shape index (κ2) is 6.09. The number of rotatable bonds is 4. The van der Waals surface area contributed by atoms with Gasteiger partial charge in [-0.25, -0.2) is 14.5 Å². The number of nitrogens with zero attached hydrogens (tertiary/aromatic N) is 4. The predicted molar refractivity (Wildman–Crippen MR) is 96.4 cm³/mol. The fourth-order valence-corrected chi connectivity index (χ4v) is 3.03. The van der Waals surface area contributed by atoms with Crippen LogP contribution in [0.4, 0.5) is 5.82 Å². The molecule has 0 radical (unpaired) electrons. The molecule has 4 rings (SSSR count). The van der Waals surface area contributed by atoms with E-state index in [1.54, 1.807) is 30.8 Å². The monoisotopic (exact) mass is 338 g/mol. The van der Waals surface area contributed by atoms with Crippen molar-refractivity contribution in [3.8, 4) is 11.4 Å². The van der Waals surface area contributed by atoms with Crippen molar-refractivity contribution < 1.29 is 5.11 Å². The van der Waals surface area contributed by atoms with Gasteiger partial charge in [-0.1, -0.05) is 6.07 Å². The van der Waals surface area contributed by atoms with Crippen LogP contribution in [0.25, 0.3) is 17.0 Å². The lowest BCUT2D eigenvalue weighted by atomic mass is 10.0. The zero-order valence-corrected chi connectivity index (χ0v) is 14.4. The molecule has 4 heterocycles. The number of aliphatic hydroxyl groups is 1. The SMILES string of the molecule is CC(C)(O)c1cnn2c(-c3cccc(NC4CCNC4)n3)cnc2c1. The highest BCUT2D eigenvalue weighted by molar-refractivity contribution is 5.61. The molecule has 0 aromatic carbocycles. The van der Waals surface area contributed by atoms with Crippen LogP contribution in [0, 0.1) is 0 Å². The molecule has 3 aromatic rings. The molecule has 1 atom stereocenters. The van der Waals surface area contributed by atoms with Gasteiger partial charge in [0.1, 0.15) is 11.5 Å². The molecule has 7 heteroatoms. The second-order valence-corrected chi connectivity index (χ2v) is 6.96. The topological polar surface area (TPSA) is 87.4 Å². The zero-order valence-electron chi connectivity index (χ0n) is 14.4. The molecular weight excluding hydrogens is 316 g/mol. The molecule has 0 amide bonds. The molecule has 0 bridgehead atoms. The highest BCUT2D eigenvalue weighted by Crippen LogP contribution is 2.24.